The van der Waals surface area contributed by atoms with Crippen LogP contribution in [0.3, 0.4) is 0 Å². The van der Waals surface area contributed by atoms with E-state index in [9.17, 15) is 9.59 Å². The minimum atomic E-state index is -1.02. The number of amides is 1. The van der Waals surface area contributed by atoms with Gasteiger partial charge < -0.3 is 14.7 Å². The van der Waals surface area contributed by atoms with Gasteiger partial charge in [0.1, 0.15) is 5.75 Å². The van der Waals surface area contributed by atoms with E-state index in [0.717, 1.165) is 5.56 Å². The Labute approximate surface area is 140 Å². The van der Waals surface area contributed by atoms with Gasteiger partial charge in [-0.1, -0.05) is 38.1 Å². The molecule has 1 N–H and O–H groups in total. The van der Waals surface area contributed by atoms with E-state index in [1.54, 1.807) is 11.0 Å². The summed E-state index contributed by atoms with van der Waals surface area (Å²) in [5, 5.41) is 9.07. The number of ether oxygens (including phenoxy) is 1. The van der Waals surface area contributed by atoms with Crippen molar-refractivity contribution in [2.45, 2.75) is 26.3 Å². The molecule has 0 saturated carbocycles. The van der Waals surface area contributed by atoms with E-state index in [0.29, 0.717) is 23.9 Å². The van der Waals surface area contributed by atoms with Crippen molar-refractivity contribution in [3.8, 4) is 5.75 Å². The summed E-state index contributed by atoms with van der Waals surface area (Å²) in [6.07, 6.45) is 0. The van der Waals surface area contributed by atoms with Gasteiger partial charge in [0.2, 0.25) is 0 Å². The van der Waals surface area contributed by atoms with Gasteiger partial charge in [-0.05, 0) is 35.2 Å². The van der Waals surface area contributed by atoms with Gasteiger partial charge in [0.15, 0.2) is 6.61 Å². The molecule has 0 aliphatic carbocycles. The second-order valence-corrected chi connectivity index (χ2v) is 6.15. The van der Waals surface area contributed by atoms with Crippen molar-refractivity contribution in [3.63, 3.8) is 0 Å². The zero-order chi connectivity index (χ0) is 17.3. The highest BCUT2D eigenvalue weighted by Crippen LogP contribution is 2.34. The third-order valence-corrected chi connectivity index (χ3v) is 4.14. The molecule has 0 bridgehead atoms. The first-order valence-corrected chi connectivity index (χ1v) is 7.85. The third kappa shape index (κ3) is 3.11. The highest BCUT2D eigenvalue weighted by atomic mass is 16.5. The molecule has 24 heavy (non-hydrogen) atoms. The molecule has 3 rings (SSSR count). The molecule has 0 aromatic heterocycles. The van der Waals surface area contributed by atoms with E-state index in [4.69, 9.17) is 9.84 Å². The Balaban J connectivity index is 1.88. The fraction of sp³-hybridized carbons (Fsp3) is 0.263. The van der Waals surface area contributed by atoms with Gasteiger partial charge >= 0.3 is 5.97 Å². The molecule has 5 heteroatoms. The Morgan fingerprint density at radius 3 is 2.54 bits per heavy atom. The largest absolute Gasteiger partial charge is 0.482 e. The Hall–Kier alpha value is -2.82. The lowest BCUT2D eigenvalue weighted by Gasteiger charge is -2.29. The summed E-state index contributed by atoms with van der Waals surface area (Å²) in [6.45, 7) is 4.62. The van der Waals surface area contributed by atoms with Crippen LogP contribution in [0.5, 0.6) is 5.75 Å². The molecule has 0 radical (unpaired) electrons. The topological polar surface area (TPSA) is 66.8 Å². The van der Waals surface area contributed by atoms with Crippen molar-refractivity contribution in [1.29, 1.82) is 0 Å². The van der Waals surface area contributed by atoms with Gasteiger partial charge in [-0.3, -0.25) is 4.79 Å². The molecule has 0 unspecified atom stereocenters. The maximum Gasteiger partial charge on any atom is 0.335 e. The van der Waals surface area contributed by atoms with Gasteiger partial charge in [0, 0.05) is 0 Å². The van der Waals surface area contributed by atoms with Gasteiger partial charge in [0.25, 0.3) is 5.91 Å². The summed E-state index contributed by atoms with van der Waals surface area (Å²) < 4.78 is 5.39. The lowest BCUT2D eigenvalue weighted by molar-refractivity contribution is -0.121. The fourth-order valence-corrected chi connectivity index (χ4v) is 2.70. The van der Waals surface area contributed by atoms with E-state index in [1.165, 1.54) is 17.7 Å². The average Bonchev–Trinajstić information content (AvgIpc) is 2.57. The van der Waals surface area contributed by atoms with Crippen LogP contribution in [0.15, 0.2) is 42.5 Å². The molecule has 1 aliphatic rings. The number of carbonyl (C=O) groups is 2. The molecule has 5 nitrogen and oxygen atoms in total. The molecule has 1 amide bonds. The Bertz CT molecular complexity index is 780. The van der Waals surface area contributed by atoms with E-state index in [2.05, 4.69) is 26.0 Å². The van der Waals surface area contributed by atoms with Crippen LogP contribution >= 0.6 is 0 Å². The average molecular weight is 325 g/mol. The number of anilines is 1. The molecule has 1 heterocycles. The number of carbonyl (C=O) groups excluding carboxylic acids is 1. The Kier molecular flexibility index (Phi) is 4.25. The van der Waals surface area contributed by atoms with Crippen LogP contribution < -0.4 is 9.64 Å². The minimum absolute atomic E-state index is 0.0832. The first-order valence-electron chi connectivity index (χ1n) is 7.85. The molecule has 124 valence electrons. The minimum Gasteiger partial charge on any atom is -0.482 e. The summed E-state index contributed by atoms with van der Waals surface area (Å²) in [5.74, 6) is -0.278. The van der Waals surface area contributed by atoms with Crippen molar-refractivity contribution < 1.29 is 19.4 Å². The number of carboxylic acids is 1. The molecule has 1 aliphatic heterocycles. The van der Waals surface area contributed by atoms with Crippen LogP contribution in [0.1, 0.15) is 41.3 Å². The lowest BCUT2D eigenvalue weighted by Crippen LogP contribution is -2.38. The first-order chi connectivity index (χ1) is 11.5. The number of carboxylic acid groups (broad SMARTS) is 1. The highest BCUT2D eigenvalue weighted by Gasteiger charge is 2.26. The third-order valence-electron chi connectivity index (χ3n) is 4.14. The molecule has 0 fully saturated rings. The quantitative estimate of drug-likeness (QED) is 0.935. The monoisotopic (exact) mass is 325 g/mol. The van der Waals surface area contributed by atoms with E-state index < -0.39 is 5.97 Å². The van der Waals surface area contributed by atoms with Gasteiger partial charge in [-0.15, -0.1) is 0 Å². The maximum atomic E-state index is 12.2. The normalized spacial score (nSPS) is 13.6. The molecule has 2 aromatic carbocycles. The number of hydrogen-bond donors (Lipinski definition) is 1. The number of aromatic carboxylic acids is 1. The van der Waals surface area contributed by atoms with Crippen molar-refractivity contribution in [2.75, 3.05) is 11.5 Å². The predicted molar refractivity (Wildman–Crippen MR) is 90.6 cm³/mol. The fourth-order valence-electron chi connectivity index (χ4n) is 2.70. The Morgan fingerprint density at radius 1 is 1.21 bits per heavy atom. The predicted octanol–water partition coefficient (Wildman–Crippen LogP) is 3.43. The second kappa shape index (κ2) is 6.35. The van der Waals surface area contributed by atoms with Crippen LogP contribution in [-0.4, -0.2) is 23.6 Å². The van der Waals surface area contributed by atoms with Crippen LogP contribution in [0, 0.1) is 0 Å². The standard InChI is InChI=1S/C19H19NO4/c1-12(2)14-5-3-13(4-6-14)10-20-16-8-7-15(19(22)23)9-17(16)24-11-18(20)21/h3-9,12H,10-11H2,1-2H3,(H,22,23). The zero-order valence-corrected chi connectivity index (χ0v) is 13.7. The van der Waals surface area contributed by atoms with E-state index in [1.807, 2.05) is 12.1 Å². The lowest BCUT2D eigenvalue weighted by atomic mass is 10.0. The van der Waals surface area contributed by atoms with Crippen molar-refractivity contribution in [1.82, 2.24) is 0 Å². The summed E-state index contributed by atoms with van der Waals surface area (Å²) in [4.78, 5) is 24.9. The smallest absolute Gasteiger partial charge is 0.335 e. The summed E-state index contributed by atoms with van der Waals surface area (Å²) in [7, 11) is 0. The number of rotatable bonds is 4. The molecule has 0 saturated heterocycles. The van der Waals surface area contributed by atoms with Gasteiger partial charge in [-0.2, -0.15) is 0 Å². The molecular weight excluding hydrogens is 306 g/mol. The van der Waals surface area contributed by atoms with Crippen molar-refractivity contribution >= 4 is 17.6 Å². The van der Waals surface area contributed by atoms with Crippen LogP contribution in [0.2, 0.25) is 0 Å². The van der Waals surface area contributed by atoms with Crippen molar-refractivity contribution in [3.05, 3.63) is 59.2 Å². The van der Waals surface area contributed by atoms with E-state index in [-0.39, 0.29) is 18.1 Å². The SMILES string of the molecule is CC(C)c1ccc(CN2C(=O)COc3cc(C(=O)O)ccc32)cc1. The summed E-state index contributed by atoms with van der Waals surface area (Å²) in [5.41, 5.74) is 3.01. The Morgan fingerprint density at radius 2 is 1.92 bits per heavy atom. The van der Waals surface area contributed by atoms with E-state index >= 15 is 0 Å². The maximum absolute atomic E-state index is 12.2. The molecule has 2 aromatic rings. The van der Waals surface area contributed by atoms with Crippen LogP contribution in [0.4, 0.5) is 5.69 Å². The highest BCUT2D eigenvalue weighted by molar-refractivity contribution is 5.99. The van der Waals surface area contributed by atoms with Gasteiger partial charge in [-0.25, -0.2) is 4.79 Å². The number of benzene rings is 2. The summed E-state index contributed by atoms with van der Waals surface area (Å²) in [6, 6.07) is 12.7. The molecular formula is C19H19NO4. The second-order valence-electron chi connectivity index (χ2n) is 6.15. The first kappa shape index (κ1) is 16.1. The van der Waals surface area contributed by atoms with Crippen LogP contribution in [0.25, 0.3) is 0 Å². The zero-order valence-electron chi connectivity index (χ0n) is 13.7. The molecule has 0 spiro atoms. The van der Waals surface area contributed by atoms with Crippen molar-refractivity contribution in [2.24, 2.45) is 0 Å². The number of nitrogens with zero attached hydrogens (tertiary/aromatic N) is 1. The molecule has 0 atom stereocenters. The number of fused-ring (bicyclic) bond motifs is 1. The number of hydrogen-bond acceptors (Lipinski definition) is 3. The summed E-state index contributed by atoms with van der Waals surface area (Å²) >= 11 is 0. The van der Waals surface area contributed by atoms with Crippen LogP contribution in [-0.2, 0) is 11.3 Å². The van der Waals surface area contributed by atoms with Gasteiger partial charge in [0.05, 0.1) is 17.8 Å².